The Morgan fingerprint density at radius 1 is 1.25 bits per heavy atom. The standard InChI is InChI=1S/C17H23N5O2/c1-13-6-8-14(9-7-13)22-16(19-20-21-22)17(10-4-3-5-11-17)18-15(23)12-24-2/h6-9H,3-5,10-12H2,1-2H3,(H,18,23). The highest BCUT2D eigenvalue weighted by Crippen LogP contribution is 2.36. The molecule has 1 saturated carbocycles. The Labute approximate surface area is 141 Å². The van der Waals surface area contributed by atoms with Crippen molar-refractivity contribution in [3.8, 4) is 5.69 Å². The number of benzene rings is 1. The molecule has 1 aliphatic rings. The van der Waals surface area contributed by atoms with Crippen LogP contribution in [0.1, 0.15) is 43.5 Å². The Bertz CT molecular complexity index is 689. The molecule has 0 spiro atoms. The molecule has 1 amide bonds. The van der Waals surface area contributed by atoms with Crippen LogP contribution in [0.2, 0.25) is 0 Å². The Morgan fingerprint density at radius 2 is 1.96 bits per heavy atom. The lowest BCUT2D eigenvalue weighted by atomic mass is 9.80. The molecule has 1 aromatic carbocycles. The number of tetrazole rings is 1. The molecule has 0 radical (unpaired) electrons. The molecule has 1 aliphatic carbocycles. The molecule has 0 aliphatic heterocycles. The number of methoxy groups -OCH3 is 1. The van der Waals surface area contributed by atoms with Crippen LogP contribution < -0.4 is 5.32 Å². The van der Waals surface area contributed by atoms with E-state index in [0.29, 0.717) is 5.82 Å². The van der Waals surface area contributed by atoms with E-state index in [2.05, 4.69) is 20.8 Å². The SMILES string of the molecule is COCC(=O)NC1(c2nnnn2-c2ccc(C)cc2)CCCCC1. The summed E-state index contributed by atoms with van der Waals surface area (Å²) in [6.07, 6.45) is 4.89. The molecule has 0 unspecified atom stereocenters. The van der Waals surface area contributed by atoms with Crippen LogP contribution in [-0.4, -0.2) is 39.8 Å². The smallest absolute Gasteiger partial charge is 0.246 e. The van der Waals surface area contributed by atoms with E-state index in [1.165, 1.54) is 12.7 Å². The van der Waals surface area contributed by atoms with Gasteiger partial charge in [-0.2, -0.15) is 4.68 Å². The molecule has 1 aromatic heterocycles. The van der Waals surface area contributed by atoms with Crippen molar-refractivity contribution in [3.63, 3.8) is 0 Å². The van der Waals surface area contributed by atoms with Crippen LogP contribution >= 0.6 is 0 Å². The minimum Gasteiger partial charge on any atom is -0.375 e. The van der Waals surface area contributed by atoms with Gasteiger partial charge < -0.3 is 10.1 Å². The van der Waals surface area contributed by atoms with Crippen molar-refractivity contribution in [2.24, 2.45) is 0 Å². The maximum absolute atomic E-state index is 12.2. The Balaban J connectivity index is 1.98. The molecule has 3 rings (SSSR count). The molecule has 1 fully saturated rings. The zero-order valence-electron chi connectivity index (χ0n) is 14.2. The summed E-state index contributed by atoms with van der Waals surface area (Å²) in [6, 6.07) is 8.03. The van der Waals surface area contributed by atoms with Gasteiger partial charge in [0.05, 0.1) is 5.69 Å². The van der Waals surface area contributed by atoms with E-state index in [1.807, 2.05) is 31.2 Å². The molecule has 2 aromatic rings. The van der Waals surface area contributed by atoms with E-state index < -0.39 is 5.54 Å². The van der Waals surface area contributed by atoms with Crippen molar-refractivity contribution < 1.29 is 9.53 Å². The van der Waals surface area contributed by atoms with Gasteiger partial charge in [0.1, 0.15) is 12.1 Å². The highest BCUT2D eigenvalue weighted by Gasteiger charge is 2.40. The summed E-state index contributed by atoms with van der Waals surface area (Å²) >= 11 is 0. The molecule has 128 valence electrons. The summed E-state index contributed by atoms with van der Waals surface area (Å²) < 4.78 is 6.70. The molecule has 1 N–H and O–H groups in total. The van der Waals surface area contributed by atoms with Crippen molar-refractivity contribution in [1.29, 1.82) is 0 Å². The number of hydrogen-bond donors (Lipinski definition) is 1. The van der Waals surface area contributed by atoms with E-state index >= 15 is 0 Å². The van der Waals surface area contributed by atoms with E-state index in [4.69, 9.17) is 4.74 Å². The summed E-state index contributed by atoms with van der Waals surface area (Å²) in [5, 5.41) is 15.4. The van der Waals surface area contributed by atoms with Crippen molar-refractivity contribution in [2.45, 2.75) is 44.6 Å². The first-order valence-electron chi connectivity index (χ1n) is 8.30. The fourth-order valence-electron chi connectivity index (χ4n) is 3.34. The molecule has 0 atom stereocenters. The minimum absolute atomic E-state index is 0.0356. The van der Waals surface area contributed by atoms with Gasteiger partial charge in [0.15, 0.2) is 5.82 Å². The third-order valence-corrected chi connectivity index (χ3v) is 4.54. The number of carbonyl (C=O) groups is 1. The molecule has 1 heterocycles. The zero-order valence-corrected chi connectivity index (χ0v) is 14.2. The average molecular weight is 329 g/mol. The third-order valence-electron chi connectivity index (χ3n) is 4.54. The normalized spacial score (nSPS) is 16.8. The van der Waals surface area contributed by atoms with Gasteiger partial charge in [-0.1, -0.05) is 37.0 Å². The van der Waals surface area contributed by atoms with Gasteiger partial charge in [-0.15, -0.1) is 5.10 Å². The maximum atomic E-state index is 12.2. The third kappa shape index (κ3) is 3.31. The number of aromatic nitrogens is 4. The Hall–Kier alpha value is -2.28. The molecule has 24 heavy (non-hydrogen) atoms. The monoisotopic (exact) mass is 329 g/mol. The number of rotatable bonds is 5. The molecule has 0 saturated heterocycles. The van der Waals surface area contributed by atoms with Gasteiger partial charge in [-0.25, -0.2) is 0 Å². The minimum atomic E-state index is -0.539. The van der Waals surface area contributed by atoms with Crippen molar-refractivity contribution >= 4 is 5.91 Å². The lowest BCUT2D eigenvalue weighted by Gasteiger charge is -2.36. The average Bonchev–Trinajstić information content (AvgIpc) is 3.07. The van der Waals surface area contributed by atoms with E-state index in [9.17, 15) is 4.79 Å². The molecule has 0 bridgehead atoms. The maximum Gasteiger partial charge on any atom is 0.246 e. The quantitative estimate of drug-likeness (QED) is 0.906. The number of ether oxygens (including phenoxy) is 1. The van der Waals surface area contributed by atoms with Gasteiger partial charge in [-0.05, 0) is 42.3 Å². The largest absolute Gasteiger partial charge is 0.375 e. The van der Waals surface area contributed by atoms with Crippen LogP contribution in [0.3, 0.4) is 0 Å². The van der Waals surface area contributed by atoms with Gasteiger partial charge >= 0.3 is 0 Å². The number of hydrogen-bond acceptors (Lipinski definition) is 5. The summed E-state index contributed by atoms with van der Waals surface area (Å²) in [5.41, 5.74) is 1.53. The second kappa shape index (κ2) is 7.09. The highest BCUT2D eigenvalue weighted by molar-refractivity contribution is 5.78. The predicted molar refractivity (Wildman–Crippen MR) is 88.7 cm³/mol. The first-order chi connectivity index (χ1) is 11.6. The lowest BCUT2D eigenvalue weighted by Crippen LogP contribution is -2.50. The topological polar surface area (TPSA) is 81.9 Å². The van der Waals surface area contributed by atoms with Gasteiger partial charge in [0.2, 0.25) is 5.91 Å². The molecular formula is C17H23N5O2. The summed E-state index contributed by atoms with van der Waals surface area (Å²) in [6.45, 7) is 2.08. The lowest BCUT2D eigenvalue weighted by molar-refractivity contribution is -0.127. The van der Waals surface area contributed by atoms with Crippen molar-refractivity contribution in [1.82, 2.24) is 25.5 Å². The Morgan fingerprint density at radius 3 is 2.62 bits per heavy atom. The molecule has 7 nitrogen and oxygen atoms in total. The first kappa shape index (κ1) is 16.6. The number of nitrogens with one attached hydrogen (secondary N) is 1. The highest BCUT2D eigenvalue weighted by atomic mass is 16.5. The van der Waals surface area contributed by atoms with E-state index in [1.54, 1.807) is 4.68 Å². The Kier molecular flexibility index (Phi) is 4.89. The van der Waals surface area contributed by atoms with Crippen molar-refractivity contribution in [2.75, 3.05) is 13.7 Å². The van der Waals surface area contributed by atoms with E-state index in [-0.39, 0.29) is 12.5 Å². The van der Waals surface area contributed by atoms with E-state index in [0.717, 1.165) is 37.8 Å². The summed E-state index contributed by atoms with van der Waals surface area (Å²) in [7, 11) is 1.52. The van der Waals surface area contributed by atoms with Crippen LogP contribution in [0.4, 0.5) is 0 Å². The molecular weight excluding hydrogens is 306 g/mol. The second-order valence-electron chi connectivity index (χ2n) is 6.37. The van der Waals surface area contributed by atoms with Crippen molar-refractivity contribution in [3.05, 3.63) is 35.7 Å². The predicted octanol–water partition coefficient (Wildman–Crippen LogP) is 1.89. The fourth-order valence-corrected chi connectivity index (χ4v) is 3.34. The van der Waals surface area contributed by atoms with Crippen LogP contribution in [0.5, 0.6) is 0 Å². The number of carbonyl (C=O) groups excluding carboxylic acids is 1. The van der Waals surface area contributed by atoms with Gasteiger partial charge in [0, 0.05) is 7.11 Å². The first-order valence-corrected chi connectivity index (χ1v) is 8.30. The van der Waals surface area contributed by atoms with Gasteiger partial charge in [-0.3, -0.25) is 4.79 Å². The van der Waals surface area contributed by atoms with Crippen LogP contribution in [-0.2, 0) is 15.1 Å². The van der Waals surface area contributed by atoms with Crippen LogP contribution in [0.15, 0.2) is 24.3 Å². The van der Waals surface area contributed by atoms with Crippen LogP contribution in [0, 0.1) is 6.92 Å². The summed E-state index contributed by atoms with van der Waals surface area (Å²) in [5.74, 6) is 0.549. The van der Waals surface area contributed by atoms with Crippen LogP contribution in [0.25, 0.3) is 5.69 Å². The summed E-state index contributed by atoms with van der Waals surface area (Å²) in [4.78, 5) is 12.2. The fraction of sp³-hybridized carbons (Fsp3) is 0.529. The second-order valence-corrected chi connectivity index (χ2v) is 6.37. The molecule has 7 heteroatoms. The number of nitrogens with zero attached hydrogens (tertiary/aromatic N) is 4. The van der Waals surface area contributed by atoms with Gasteiger partial charge in [0.25, 0.3) is 0 Å². The zero-order chi connectivity index (χ0) is 17.0. The number of aryl methyl sites for hydroxylation is 1. The number of amides is 1.